The molecule has 0 aliphatic heterocycles. The molecule has 0 spiro atoms. The van der Waals surface area contributed by atoms with Crippen LogP contribution in [0.25, 0.3) is 0 Å². The maximum absolute atomic E-state index is 14.9. The van der Waals surface area contributed by atoms with Crippen molar-refractivity contribution in [3.8, 4) is 6.07 Å². The van der Waals surface area contributed by atoms with Gasteiger partial charge >= 0.3 is 6.03 Å². The molecule has 0 unspecified atom stereocenters. The molecule has 0 saturated heterocycles. The monoisotopic (exact) mass is 526 g/mol. The highest BCUT2D eigenvalue weighted by molar-refractivity contribution is 7.90. The molecule has 35 heavy (non-hydrogen) atoms. The van der Waals surface area contributed by atoms with Gasteiger partial charge in [0.05, 0.1) is 27.6 Å². The number of sulfonamides is 2. The number of benzene rings is 2. The zero-order chi connectivity index (χ0) is 26.7. The smallest absolute Gasteiger partial charge is 0.333 e. The number of aliphatic hydroxyl groups excluding tert-OH is 1. The fourth-order valence-corrected chi connectivity index (χ4v) is 5.36. The first-order chi connectivity index (χ1) is 16.2. The molecule has 190 valence electrons. The second kappa shape index (κ2) is 10.7. The van der Waals surface area contributed by atoms with Crippen molar-refractivity contribution >= 4 is 31.8 Å². The molecule has 0 saturated carbocycles. The minimum atomic E-state index is -4.56. The van der Waals surface area contributed by atoms with Crippen LogP contribution in [0.1, 0.15) is 61.8 Å². The summed E-state index contributed by atoms with van der Waals surface area (Å²) in [6, 6.07) is 4.83. The number of hydrogen-bond donors (Lipinski definition) is 4. The number of hydrogen-bond acceptors (Lipinski definition) is 7. The molecule has 0 heterocycles. The van der Waals surface area contributed by atoms with E-state index in [1.165, 1.54) is 13.1 Å². The average molecular weight is 527 g/mol. The summed E-state index contributed by atoms with van der Waals surface area (Å²) in [4.78, 5) is 11.9. The predicted molar refractivity (Wildman–Crippen MR) is 127 cm³/mol. The Kier molecular flexibility index (Phi) is 8.61. The van der Waals surface area contributed by atoms with Crippen molar-refractivity contribution in [1.29, 1.82) is 5.26 Å². The van der Waals surface area contributed by atoms with E-state index in [9.17, 15) is 36.4 Å². The van der Waals surface area contributed by atoms with Crippen molar-refractivity contribution in [3.05, 3.63) is 52.3 Å². The van der Waals surface area contributed by atoms with Crippen LogP contribution in [0.5, 0.6) is 0 Å². The van der Waals surface area contributed by atoms with Crippen molar-refractivity contribution in [3.63, 3.8) is 0 Å². The number of halogens is 1. The van der Waals surface area contributed by atoms with Crippen LogP contribution in [0.2, 0.25) is 0 Å². The molecule has 0 atom stereocenters. The summed E-state index contributed by atoms with van der Waals surface area (Å²) in [5, 5.41) is 21.3. The first-order valence-electron chi connectivity index (χ1n) is 10.5. The number of nitrogens with one attached hydrogen (secondary N) is 3. The van der Waals surface area contributed by atoms with Crippen molar-refractivity contribution in [1.82, 2.24) is 9.44 Å². The lowest BCUT2D eigenvalue weighted by Crippen LogP contribution is -2.35. The lowest BCUT2D eigenvalue weighted by Gasteiger charge is -2.22. The van der Waals surface area contributed by atoms with Crippen molar-refractivity contribution in [2.45, 2.75) is 55.9 Å². The maximum atomic E-state index is 14.9. The van der Waals surface area contributed by atoms with E-state index in [-0.39, 0.29) is 33.2 Å². The molecule has 0 bridgehead atoms. The summed E-state index contributed by atoms with van der Waals surface area (Å²) < 4.78 is 68.6. The Bertz CT molecular complexity index is 1400. The number of carbonyl (C=O) groups excluding carboxylic acids is 1. The van der Waals surface area contributed by atoms with E-state index in [0.29, 0.717) is 5.56 Å². The number of nitriles is 1. The second-order valence-electron chi connectivity index (χ2n) is 8.23. The Morgan fingerprint density at radius 3 is 2.20 bits per heavy atom. The van der Waals surface area contributed by atoms with E-state index in [4.69, 9.17) is 0 Å². The number of aliphatic hydroxyl groups is 1. The summed E-state index contributed by atoms with van der Waals surface area (Å²) in [5.41, 5.74) is 0.101. The Hall–Kier alpha value is -3.05. The van der Waals surface area contributed by atoms with Crippen LogP contribution in [0, 0.1) is 17.1 Å². The molecule has 0 aliphatic carbocycles. The van der Waals surface area contributed by atoms with Gasteiger partial charge < -0.3 is 10.4 Å². The topological polar surface area (TPSA) is 165 Å². The SMILES string of the molecule is CNS(=O)(=O)c1ccc(S(=O)(=O)NC(=O)Nc2c(C(C)C)cc(C#N)c(F)c2C(C)C)c(CO)c1. The molecular weight excluding hydrogens is 499 g/mol. The van der Waals surface area contributed by atoms with Gasteiger partial charge in [0.2, 0.25) is 10.0 Å². The van der Waals surface area contributed by atoms with Crippen LogP contribution in [-0.2, 0) is 26.7 Å². The number of rotatable bonds is 8. The lowest BCUT2D eigenvalue weighted by atomic mass is 9.90. The zero-order valence-electron chi connectivity index (χ0n) is 19.8. The fraction of sp³-hybridized carbons (Fsp3) is 0.364. The summed E-state index contributed by atoms with van der Waals surface area (Å²) >= 11 is 0. The summed E-state index contributed by atoms with van der Waals surface area (Å²) in [6.07, 6.45) is 0. The number of nitrogens with zero attached hydrogens (tertiary/aromatic N) is 1. The van der Waals surface area contributed by atoms with E-state index < -0.39 is 49.3 Å². The lowest BCUT2D eigenvalue weighted by molar-refractivity contribution is 0.256. The third kappa shape index (κ3) is 5.96. The molecule has 4 N–H and O–H groups in total. The first-order valence-corrected chi connectivity index (χ1v) is 13.4. The van der Waals surface area contributed by atoms with Crippen LogP contribution in [0.15, 0.2) is 34.1 Å². The Balaban J connectivity index is 2.50. The molecule has 0 radical (unpaired) electrons. The van der Waals surface area contributed by atoms with Gasteiger partial charge in [0, 0.05) is 5.56 Å². The molecule has 0 aromatic heterocycles. The highest BCUT2D eigenvalue weighted by atomic mass is 32.2. The molecule has 10 nitrogen and oxygen atoms in total. The van der Waals surface area contributed by atoms with E-state index >= 15 is 0 Å². The van der Waals surface area contributed by atoms with Crippen LogP contribution in [0.3, 0.4) is 0 Å². The number of urea groups is 1. The highest BCUT2D eigenvalue weighted by Crippen LogP contribution is 2.36. The van der Waals surface area contributed by atoms with Crippen molar-refractivity contribution in [2.24, 2.45) is 0 Å². The minimum Gasteiger partial charge on any atom is -0.392 e. The Morgan fingerprint density at radius 2 is 1.71 bits per heavy atom. The Labute approximate surface area is 204 Å². The fourth-order valence-electron chi connectivity index (χ4n) is 3.46. The summed E-state index contributed by atoms with van der Waals surface area (Å²) in [7, 11) is -7.30. The normalized spacial score (nSPS) is 12.0. The van der Waals surface area contributed by atoms with Gasteiger partial charge in [-0.25, -0.2) is 35.5 Å². The van der Waals surface area contributed by atoms with Gasteiger partial charge in [-0.1, -0.05) is 27.7 Å². The molecule has 0 fully saturated rings. The molecule has 0 aliphatic rings. The van der Waals surface area contributed by atoms with Gasteiger partial charge in [-0.15, -0.1) is 0 Å². The molecule has 2 rings (SSSR count). The third-order valence-electron chi connectivity index (χ3n) is 5.19. The maximum Gasteiger partial charge on any atom is 0.333 e. The van der Waals surface area contributed by atoms with Gasteiger partial charge in [0.25, 0.3) is 10.0 Å². The zero-order valence-corrected chi connectivity index (χ0v) is 21.4. The molecule has 2 aromatic carbocycles. The van der Waals surface area contributed by atoms with Gasteiger partial charge in [0.1, 0.15) is 11.9 Å². The minimum absolute atomic E-state index is 0.0528. The largest absolute Gasteiger partial charge is 0.392 e. The van der Waals surface area contributed by atoms with E-state index in [2.05, 4.69) is 10.0 Å². The van der Waals surface area contributed by atoms with Crippen LogP contribution in [-0.4, -0.2) is 35.0 Å². The highest BCUT2D eigenvalue weighted by Gasteiger charge is 2.27. The number of amides is 2. The standard InChI is InChI=1S/C22H27FN4O6S2/c1-12(2)17-9-14(10-24)20(23)19(13(3)4)21(17)26-22(29)27-35(32,33)18-7-6-16(8-15(18)11-28)34(30,31)25-5/h6-9,12-13,25,28H,11H2,1-5H3,(H2,26,27,29). The van der Waals surface area contributed by atoms with Gasteiger partial charge in [0.15, 0.2) is 0 Å². The van der Waals surface area contributed by atoms with E-state index in [1.807, 2.05) is 0 Å². The van der Waals surface area contributed by atoms with Gasteiger partial charge in [-0.05, 0) is 54.3 Å². The first kappa shape index (κ1) is 28.2. The summed E-state index contributed by atoms with van der Waals surface area (Å²) in [6.45, 7) is 6.05. The average Bonchev–Trinajstić information content (AvgIpc) is 2.77. The van der Waals surface area contributed by atoms with E-state index in [0.717, 1.165) is 18.2 Å². The number of anilines is 1. The second-order valence-corrected chi connectivity index (χ2v) is 11.8. The van der Waals surface area contributed by atoms with Gasteiger partial charge in [-0.3, -0.25) is 0 Å². The number of carbonyl (C=O) groups is 1. The molecule has 2 amide bonds. The van der Waals surface area contributed by atoms with E-state index in [1.54, 1.807) is 38.5 Å². The quantitative estimate of drug-likeness (QED) is 0.410. The van der Waals surface area contributed by atoms with Crippen LogP contribution in [0.4, 0.5) is 14.9 Å². The molecular formula is C22H27FN4O6S2. The predicted octanol–water partition coefficient (Wildman–Crippen LogP) is 2.85. The van der Waals surface area contributed by atoms with Crippen molar-refractivity contribution < 1.29 is 31.1 Å². The van der Waals surface area contributed by atoms with Crippen LogP contribution >= 0.6 is 0 Å². The molecule has 13 heteroatoms. The molecule has 2 aromatic rings. The van der Waals surface area contributed by atoms with Gasteiger partial charge in [-0.2, -0.15) is 5.26 Å². The van der Waals surface area contributed by atoms with Crippen LogP contribution < -0.4 is 14.8 Å². The van der Waals surface area contributed by atoms with Crippen molar-refractivity contribution in [2.75, 3.05) is 12.4 Å². The summed E-state index contributed by atoms with van der Waals surface area (Å²) in [5.74, 6) is -1.50. The Morgan fingerprint density at radius 1 is 1.09 bits per heavy atom. The third-order valence-corrected chi connectivity index (χ3v) is 8.03.